The molecule has 0 amide bonds. The van der Waals surface area contributed by atoms with E-state index in [9.17, 15) is 9.90 Å². The molecular formula is C20H18N4O3. The van der Waals surface area contributed by atoms with Gasteiger partial charge in [-0.2, -0.15) is 0 Å². The van der Waals surface area contributed by atoms with Gasteiger partial charge in [-0.15, -0.1) is 0 Å². The van der Waals surface area contributed by atoms with E-state index in [4.69, 9.17) is 4.74 Å². The number of aliphatic hydroxyl groups is 1. The van der Waals surface area contributed by atoms with Crippen LogP contribution < -0.4 is 10.3 Å². The normalized spacial score (nSPS) is 11.0. The van der Waals surface area contributed by atoms with E-state index in [1.54, 1.807) is 0 Å². The van der Waals surface area contributed by atoms with Gasteiger partial charge in [-0.1, -0.05) is 24.3 Å². The summed E-state index contributed by atoms with van der Waals surface area (Å²) in [7, 11) is 0. The van der Waals surface area contributed by atoms with Crippen LogP contribution in [0.5, 0.6) is 5.75 Å². The number of fused-ring (bicyclic) bond motifs is 1. The van der Waals surface area contributed by atoms with Gasteiger partial charge in [0.2, 0.25) is 0 Å². The molecule has 4 rings (SSSR count). The highest BCUT2D eigenvalue weighted by Gasteiger charge is 2.14. The predicted molar refractivity (Wildman–Crippen MR) is 102 cm³/mol. The van der Waals surface area contributed by atoms with Crippen LogP contribution in [0, 0.1) is 0 Å². The molecule has 0 unspecified atom stereocenters. The third-order valence-corrected chi connectivity index (χ3v) is 4.27. The van der Waals surface area contributed by atoms with E-state index < -0.39 is 0 Å². The van der Waals surface area contributed by atoms with E-state index in [1.165, 1.54) is 6.33 Å². The summed E-state index contributed by atoms with van der Waals surface area (Å²) in [6.45, 7) is 2.36. The smallest absolute Gasteiger partial charge is 0.279 e. The molecule has 136 valence electrons. The fraction of sp³-hybridized carbons (Fsp3) is 0.150. The molecule has 0 saturated carbocycles. The zero-order chi connectivity index (χ0) is 18.8. The molecule has 0 bridgehead atoms. The number of hydrogen-bond donors (Lipinski definition) is 3. The average molecular weight is 362 g/mol. The quantitative estimate of drug-likeness (QED) is 0.506. The third-order valence-electron chi connectivity index (χ3n) is 4.27. The highest BCUT2D eigenvalue weighted by atomic mass is 16.5. The zero-order valence-corrected chi connectivity index (χ0v) is 14.7. The summed E-state index contributed by atoms with van der Waals surface area (Å²) >= 11 is 0. The van der Waals surface area contributed by atoms with E-state index in [-0.39, 0.29) is 17.7 Å². The topological polar surface area (TPSA) is 104 Å². The molecule has 0 saturated heterocycles. The Kier molecular flexibility index (Phi) is 4.43. The van der Waals surface area contributed by atoms with Gasteiger partial charge in [0, 0.05) is 0 Å². The first kappa shape index (κ1) is 17.0. The van der Waals surface area contributed by atoms with Crippen LogP contribution in [0.3, 0.4) is 0 Å². The molecule has 4 aromatic rings. The second-order valence-corrected chi connectivity index (χ2v) is 6.02. The number of rotatable bonds is 5. The van der Waals surface area contributed by atoms with Crippen molar-refractivity contribution < 1.29 is 9.84 Å². The monoisotopic (exact) mass is 362 g/mol. The molecule has 0 fully saturated rings. The number of aliphatic hydroxyl groups excluding tert-OH is 1. The number of nitrogens with zero attached hydrogens (tertiary/aromatic N) is 2. The van der Waals surface area contributed by atoms with Gasteiger partial charge in [0.05, 0.1) is 25.1 Å². The molecule has 2 heterocycles. The lowest BCUT2D eigenvalue weighted by Crippen LogP contribution is -2.10. The van der Waals surface area contributed by atoms with Crippen LogP contribution in [0.15, 0.2) is 53.6 Å². The first-order valence-corrected chi connectivity index (χ1v) is 8.60. The number of ether oxygens (including phenoxy) is 1. The van der Waals surface area contributed by atoms with Gasteiger partial charge in [0.1, 0.15) is 11.6 Å². The fourth-order valence-electron chi connectivity index (χ4n) is 2.99. The Hall–Kier alpha value is -3.45. The predicted octanol–water partition coefficient (Wildman–Crippen LogP) is 2.87. The van der Waals surface area contributed by atoms with Crippen LogP contribution >= 0.6 is 0 Å². The van der Waals surface area contributed by atoms with Crippen molar-refractivity contribution in [2.24, 2.45) is 0 Å². The maximum atomic E-state index is 12.2. The molecule has 27 heavy (non-hydrogen) atoms. The van der Waals surface area contributed by atoms with Gasteiger partial charge in [-0.3, -0.25) is 4.79 Å². The molecule has 0 aliphatic carbocycles. The minimum atomic E-state index is -0.307. The van der Waals surface area contributed by atoms with Gasteiger partial charge in [-0.05, 0) is 41.8 Å². The molecule has 2 aromatic carbocycles. The Morgan fingerprint density at radius 2 is 2.00 bits per heavy atom. The molecule has 7 heteroatoms. The molecule has 3 N–H and O–H groups in total. The summed E-state index contributed by atoms with van der Waals surface area (Å²) in [6, 6.07) is 13.4. The summed E-state index contributed by atoms with van der Waals surface area (Å²) < 4.78 is 5.81. The molecule has 0 aliphatic heterocycles. The van der Waals surface area contributed by atoms with Gasteiger partial charge < -0.3 is 19.8 Å². The minimum absolute atomic E-state index is 0.0143. The first-order valence-electron chi connectivity index (χ1n) is 8.60. The fourth-order valence-corrected chi connectivity index (χ4v) is 2.99. The summed E-state index contributed by atoms with van der Waals surface area (Å²) in [5.74, 6) is 1.03. The maximum absolute atomic E-state index is 12.2. The maximum Gasteiger partial charge on any atom is 0.279 e. The van der Waals surface area contributed by atoms with Crippen LogP contribution in [0.2, 0.25) is 0 Å². The number of aromatic amines is 2. The molecule has 0 spiro atoms. The standard InChI is InChI=1S/C20H18N4O3/c1-2-27-16-9-14(13-5-3-4-12(8-13)10-25)6-7-15(16)18-23-19-17(20(26)24-18)21-11-22-19/h3-9,11,25H,2,10H2,1H3,(H2,21,22,23,24,26). The Bertz CT molecular complexity index is 1160. The van der Waals surface area contributed by atoms with Crippen molar-refractivity contribution in [3.63, 3.8) is 0 Å². The van der Waals surface area contributed by atoms with Crippen LogP contribution in [-0.2, 0) is 6.61 Å². The van der Waals surface area contributed by atoms with Gasteiger partial charge in [0.15, 0.2) is 11.2 Å². The lowest BCUT2D eigenvalue weighted by molar-refractivity contribution is 0.282. The second-order valence-electron chi connectivity index (χ2n) is 6.02. The van der Waals surface area contributed by atoms with Crippen molar-refractivity contribution in [1.82, 2.24) is 19.9 Å². The Morgan fingerprint density at radius 1 is 1.15 bits per heavy atom. The molecule has 0 atom stereocenters. The Balaban J connectivity index is 1.84. The van der Waals surface area contributed by atoms with Crippen molar-refractivity contribution in [1.29, 1.82) is 0 Å². The SMILES string of the molecule is CCOc1cc(-c2cccc(CO)c2)ccc1-c1nc2[nH]cnc2c(=O)[nH]1. The Labute approximate surface area is 154 Å². The lowest BCUT2D eigenvalue weighted by atomic mass is 10.0. The third kappa shape index (κ3) is 3.20. The lowest BCUT2D eigenvalue weighted by Gasteiger charge is -2.12. The molecule has 2 aromatic heterocycles. The largest absolute Gasteiger partial charge is 0.493 e. The van der Waals surface area contributed by atoms with Crippen LogP contribution in [0.4, 0.5) is 0 Å². The second kappa shape index (κ2) is 7.05. The number of benzene rings is 2. The van der Waals surface area contributed by atoms with Crippen molar-refractivity contribution in [3.05, 3.63) is 64.7 Å². The van der Waals surface area contributed by atoms with Gasteiger partial charge in [-0.25, -0.2) is 9.97 Å². The number of nitrogens with one attached hydrogen (secondary N) is 2. The highest BCUT2D eigenvalue weighted by Crippen LogP contribution is 2.33. The number of aromatic nitrogens is 4. The molecular weight excluding hydrogens is 344 g/mol. The Morgan fingerprint density at radius 3 is 2.81 bits per heavy atom. The van der Waals surface area contributed by atoms with E-state index in [2.05, 4.69) is 19.9 Å². The van der Waals surface area contributed by atoms with Crippen LogP contribution in [-0.4, -0.2) is 31.6 Å². The summed E-state index contributed by atoms with van der Waals surface area (Å²) in [6.07, 6.45) is 1.44. The highest BCUT2D eigenvalue weighted by molar-refractivity contribution is 5.77. The van der Waals surface area contributed by atoms with E-state index in [0.717, 1.165) is 16.7 Å². The zero-order valence-electron chi connectivity index (χ0n) is 14.7. The number of H-pyrrole nitrogens is 2. The summed E-state index contributed by atoms with van der Waals surface area (Å²) in [4.78, 5) is 26.3. The van der Waals surface area contributed by atoms with E-state index >= 15 is 0 Å². The van der Waals surface area contributed by atoms with Crippen molar-refractivity contribution in [2.45, 2.75) is 13.5 Å². The van der Waals surface area contributed by atoms with Crippen molar-refractivity contribution in [3.8, 4) is 28.3 Å². The number of hydrogen-bond acceptors (Lipinski definition) is 5. The van der Waals surface area contributed by atoms with Gasteiger partial charge >= 0.3 is 0 Å². The van der Waals surface area contributed by atoms with E-state index in [1.807, 2.05) is 49.4 Å². The van der Waals surface area contributed by atoms with Crippen molar-refractivity contribution in [2.75, 3.05) is 6.61 Å². The molecule has 7 nitrogen and oxygen atoms in total. The van der Waals surface area contributed by atoms with Crippen LogP contribution in [0.25, 0.3) is 33.7 Å². The molecule has 0 aliphatic rings. The number of imidazole rings is 1. The first-order chi connectivity index (χ1) is 13.2. The molecule has 0 radical (unpaired) electrons. The average Bonchev–Trinajstić information content (AvgIpc) is 3.17. The van der Waals surface area contributed by atoms with Crippen LogP contribution in [0.1, 0.15) is 12.5 Å². The van der Waals surface area contributed by atoms with E-state index in [0.29, 0.717) is 29.4 Å². The summed E-state index contributed by atoms with van der Waals surface area (Å²) in [5.41, 5.74) is 3.84. The van der Waals surface area contributed by atoms with Gasteiger partial charge in [0.25, 0.3) is 5.56 Å². The minimum Gasteiger partial charge on any atom is -0.493 e. The summed E-state index contributed by atoms with van der Waals surface area (Å²) in [5, 5.41) is 9.36. The van der Waals surface area contributed by atoms with Crippen molar-refractivity contribution >= 4 is 11.2 Å².